The van der Waals surface area contributed by atoms with Crippen molar-refractivity contribution in [1.82, 2.24) is 15.3 Å². The van der Waals surface area contributed by atoms with Crippen LogP contribution in [-0.2, 0) is 15.0 Å². The number of nitrogens with zero attached hydrogens (tertiary/aromatic N) is 2. The molecule has 0 atom stereocenters. The van der Waals surface area contributed by atoms with Crippen molar-refractivity contribution in [3.8, 4) is 11.6 Å². The number of ether oxygens (including phenoxy) is 4. The molecular formula is C16H25N3O6. The lowest BCUT2D eigenvalue weighted by atomic mass is 10.0. The maximum Gasteiger partial charge on any atom is 0.408 e. The number of hydrogen-bond donors (Lipinski definition) is 1. The van der Waals surface area contributed by atoms with Crippen LogP contribution in [0.15, 0.2) is 0 Å². The van der Waals surface area contributed by atoms with Gasteiger partial charge in [0.25, 0.3) is 5.88 Å². The van der Waals surface area contributed by atoms with Crippen LogP contribution in [0.25, 0.3) is 0 Å². The molecule has 1 aromatic heterocycles. The van der Waals surface area contributed by atoms with Crippen molar-refractivity contribution in [2.45, 2.75) is 45.8 Å². The van der Waals surface area contributed by atoms with Crippen LogP contribution in [0.3, 0.4) is 0 Å². The normalized spacial score (nSPS) is 11.5. The molecule has 0 unspecified atom stereocenters. The lowest BCUT2D eigenvalue weighted by Gasteiger charge is -2.28. The number of methoxy groups -OCH3 is 3. The molecule has 0 spiro atoms. The molecule has 0 bridgehead atoms. The zero-order chi connectivity index (χ0) is 19.4. The van der Waals surface area contributed by atoms with E-state index in [9.17, 15) is 9.59 Å². The minimum Gasteiger partial charge on any atom is -0.489 e. The van der Waals surface area contributed by atoms with E-state index in [1.807, 2.05) is 0 Å². The summed E-state index contributed by atoms with van der Waals surface area (Å²) in [5, 5.41) is 2.67. The van der Waals surface area contributed by atoms with Gasteiger partial charge in [-0.2, -0.15) is 4.98 Å². The van der Waals surface area contributed by atoms with Gasteiger partial charge in [0.1, 0.15) is 5.60 Å². The number of amides is 1. The minimum absolute atomic E-state index is 0.0474. The molecule has 0 aliphatic heterocycles. The molecular weight excluding hydrogens is 330 g/mol. The van der Waals surface area contributed by atoms with Crippen LogP contribution in [0.1, 0.15) is 50.9 Å². The summed E-state index contributed by atoms with van der Waals surface area (Å²) in [5.41, 5.74) is -1.81. The molecule has 9 nitrogen and oxygen atoms in total. The molecule has 9 heteroatoms. The van der Waals surface area contributed by atoms with Crippen LogP contribution in [0.2, 0.25) is 0 Å². The molecule has 0 saturated carbocycles. The van der Waals surface area contributed by atoms with Crippen LogP contribution in [0.4, 0.5) is 4.79 Å². The molecule has 0 radical (unpaired) electrons. The number of alkyl carbamates (subject to hydrolysis) is 1. The molecule has 25 heavy (non-hydrogen) atoms. The molecule has 1 N–H and O–H groups in total. The van der Waals surface area contributed by atoms with Gasteiger partial charge >= 0.3 is 12.1 Å². The monoisotopic (exact) mass is 355 g/mol. The van der Waals surface area contributed by atoms with Crippen LogP contribution in [-0.4, -0.2) is 49.0 Å². The van der Waals surface area contributed by atoms with Crippen LogP contribution < -0.4 is 14.8 Å². The summed E-state index contributed by atoms with van der Waals surface area (Å²) < 4.78 is 20.3. The summed E-state index contributed by atoms with van der Waals surface area (Å²) in [5.74, 6) is -0.485. The van der Waals surface area contributed by atoms with Gasteiger partial charge in [-0.05, 0) is 34.6 Å². The molecule has 0 aliphatic carbocycles. The van der Waals surface area contributed by atoms with Gasteiger partial charge < -0.3 is 24.3 Å². The second-order valence-electron chi connectivity index (χ2n) is 6.68. The predicted molar refractivity (Wildman–Crippen MR) is 88.9 cm³/mol. The first-order valence-corrected chi connectivity index (χ1v) is 7.55. The molecule has 1 heterocycles. The number of hydrogen-bond acceptors (Lipinski definition) is 8. The Bertz CT molecular complexity index is 652. The van der Waals surface area contributed by atoms with Crippen molar-refractivity contribution < 1.29 is 28.5 Å². The van der Waals surface area contributed by atoms with E-state index in [2.05, 4.69) is 15.3 Å². The third kappa shape index (κ3) is 5.20. The quantitative estimate of drug-likeness (QED) is 0.799. The van der Waals surface area contributed by atoms with Crippen molar-refractivity contribution in [3.63, 3.8) is 0 Å². The Hall–Kier alpha value is -2.58. The minimum atomic E-state index is -1.05. The Morgan fingerprint density at radius 3 is 2.00 bits per heavy atom. The third-order valence-electron chi connectivity index (χ3n) is 2.98. The predicted octanol–water partition coefficient (Wildman–Crippen LogP) is 2.04. The van der Waals surface area contributed by atoms with Crippen molar-refractivity contribution in [2.24, 2.45) is 0 Å². The van der Waals surface area contributed by atoms with Crippen molar-refractivity contribution in [2.75, 3.05) is 21.3 Å². The lowest BCUT2D eigenvalue weighted by molar-refractivity contribution is 0.0465. The Labute approximate surface area is 147 Å². The number of nitrogens with one attached hydrogen (secondary N) is 1. The highest BCUT2D eigenvalue weighted by atomic mass is 16.6. The first-order valence-electron chi connectivity index (χ1n) is 7.55. The Kier molecular flexibility index (Phi) is 6.17. The fraction of sp³-hybridized carbons (Fsp3) is 0.625. The molecule has 0 aromatic carbocycles. The second-order valence-corrected chi connectivity index (χ2v) is 6.68. The van der Waals surface area contributed by atoms with Gasteiger partial charge in [0.05, 0.1) is 26.9 Å². The maximum atomic E-state index is 12.1. The zero-order valence-electron chi connectivity index (χ0n) is 15.8. The first-order chi connectivity index (χ1) is 11.4. The van der Waals surface area contributed by atoms with Gasteiger partial charge in [-0.25, -0.2) is 14.6 Å². The van der Waals surface area contributed by atoms with Gasteiger partial charge in [-0.15, -0.1) is 0 Å². The summed E-state index contributed by atoms with van der Waals surface area (Å²) in [6.07, 6.45) is -0.643. The van der Waals surface area contributed by atoms with Crippen molar-refractivity contribution >= 4 is 12.1 Å². The van der Waals surface area contributed by atoms with Crippen LogP contribution in [0.5, 0.6) is 11.6 Å². The van der Waals surface area contributed by atoms with E-state index in [1.165, 1.54) is 21.3 Å². The number of rotatable bonds is 5. The molecule has 0 saturated heterocycles. The van der Waals surface area contributed by atoms with Crippen LogP contribution in [0, 0.1) is 0 Å². The number of carbonyl (C=O) groups is 2. The average Bonchev–Trinajstić information content (AvgIpc) is 2.49. The topological polar surface area (TPSA) is 109 Å². The van der Waals surface area contributed by atoms with E-state index in [-0.39, 0.29) is 23.1 Å². The van der Waals surface area contributed by atoms with Gasteiger partial charge in [-0.1, -0.05) is 0 Å². The second kappa shape index (κ2) is 7.54. The number of aromatic nitrogens is 2. The molecule has 1 amide bonds. The Morgan fingerprint density at radius 2 is 1.56 bits per heavy atom. The van der Waals surface area contributed by atoms with Gasteiger partial charge in [0.15, 0.2) is 11.5 Å². The maximum absolute atomic E-state index is 12.1. The van der Waals surface area contributed by atoms with Gasteiger partial charge in [0, 0.05) is 0 Å². The highest BCUT2D eigenvalue weighted by molar-refractivity contribution is 5.91. The molecule has 1 aromatic rings. The Balaban J connectivity index is 3.30. The van der Waals surface area contributed by atoms with E-state index in [0.717, 1.165) is 0 Å². The molecule has 1 rings (SSSR count). The number of esters is 1. The SMILES string of the molecule is COC(=O)c1nc(C(C)(C)NC(=O)OC(C)(C)C)nc(OC)c1OC. The van der Waals surface area contributed by atoms with E-state index in [0.29, 0.717) is 0 Å². The molecule has 0 fully saturated rings. The van der Waals surface area contributed by atoms with Crippen molar-refractivity contribution in [1.29, 1.82) is 0 Å². The van der Waals surface area contributed by atoms with Crippen molar-refractivity contribution in [3.05, 3.63) is 11.5 Å². The van der Waals surface area contributed by atoms with E-state index in [1.54, 1.807) is 34.6 Å². The Morgan fingerprint density at radius 1 is 0.960 bits per heavy atom. The molecule has 0 aliphatic rings. The highest BCUT2D eigenvalue weighted by Crippen LogP contribution is 2.31. The fourth-order valence-corrected chi connectivity index (χ4v) is 1.88. The van der Waals surface area contributed by atoms with E-state index >= 15 is 0 Å². The zero-order valence-corrected chi connectivity index (χ0v) is 15.8. The lowest BCUT2D eigenvalue weighted by Crippen LogP contribution is -2.45. The van der Waals surface area contributed by atoms with Gasteiger partial charge in [-0.3, -0.25) is 0 Å². The summed E-state index contributed by atoms with van der Waals surface area (Å²) in [6.45, 7) is 8.59. The summed E-state index contributed by atoms with van der Waals surface area (Å²) in [6, 6.07) is 0. The van der Waals surface area contributed by atoms with E-state index < -0.39 is 23.2 Å². The van der Waals surface area contributed by atoms with Gasteiger partial charge in [0.2, 0.25) is 5.75 Å². The highest BCUT2D eigenvalue weighted by Gasteiger charge is 2.33. The summed E-state index contributed by atoms with van der Waals surface area (Å²) >= 11 is 0. The van der Waals surface area contributed by atoms with Crippen LogP contribution >= 0.6 is 0 Å². The van der Waals surface area contributed by atoms with E-state index in [4.69, 9.17) is 18.9 Å². The first kappa shape index (κ1) is 20.5. The standard InChI is InChI=1S/C16H25N3O6/c1-15(2,3)25-14(21)19-16(4,5)13-17-9(12(20)24-8)10(22-6)11(18-13)23-7/h1-8H3,(H,19,21). The fourth-order valence-electron chi connectivity index (χ4n) is 1.88. The summed E-state index contributed by atoms with van der Waals surface area (Å²) in [7, 11) is 3.96. The summed E-state index contributed by atoms with van der Waals surface area (Å²) in [4.78, 5) is 32.5. The molecule has 140 valence electrons. The average molecular weight is 355 g/mol. The largest absolute Gasteiger partial charge is 0.489 e. The third-order valence-corrected chi connectivity index (χ3v) is 2.98. The smallest absolute Gasteiger partial charge is 0.408 e. The number of carbonyl (C=O) groups excluding carboxylic acids is 2.